The minimum Gasteiger partial charge on any atom is -0.455 e. The number of carbonyl (C=O) groups excluding carboxylic acids is 2. The summed E-state index contributed by atoms with van der Waals surface area (Å²) in [5, 5.41) is 2.54. The number of halogens is 2. The maximum Gasteiger partial charge on any atom is 0.312 e. The SMILES string of the molecule is O=C(COC(=O)C12C[C@@H]3C[C@@H](CC(Cl)(C3)C1)C2)Nc1cccc(F)c1. The third kappa shape index (κ3) is 3.26. The molecule has 1 aromatic rings. The molecule has 1 aromatic carbocycles. The monoisotopic (exact) mass is 365 g/mol. The largest absolute Gasteiger partial charge is 0.455 e. The highest BCUT2D eigenvalue weighted by Crippen LogP contribution is 2.64. The van der Waals surface area contributed by atoms with Crippen molar-refractivity contribution in [3.63, 3.8) is 0 Å². The zero-order valence-corrected chi connectivity index (χ0v) is 14.7. The molecule has 1 N–H and O–H groups in total. The quantitative estimate of drug-likeness (QED) is 0.650. The first-order valence-electron chi connectivity index (χ1n) is 8.77. The molecular formula is C19H21ClFNO3. The van der Waals surface area contributed by atoms with E-state index in [1.165, 1.54) is 18.2 Å². The molecule has 4 bridgehead atoms. The Kier molecular flexibility index (Phi) is 4.02. The second kappa shape index (κ2) is 5.97. The molecule has 1 amide bonds. The third-order valence-corrected chi connectivity index (χ3v) is 6.31. The first kappa shape index (κ1) is 16.8. The Bertz CT molecular complexity index is 708. The smallest absolute Gasteiger partial charge is 0.312 e. The highest BCUT2D eigenvalue weighted by Gasteiger charge is 2.60. The molecule has 4 aliphatic rings. The Labute approximate surface area is 151 Å². The Morgan fingerprint density at radius 2 is 1.96 bits per heavy atom. The highest BCUT2D eigenvalue weighted by molar-refractivity contribution is 6.24. The number of alkyl halides is 1. The van der Waals surface area contributed by atoms with Gasteiger partial charge >= 0.3 is 5.97 Å². The molecule has 4 nitrogen and oxygen atoms in total. The lowest BCUT2D eigenvalue weighted by molar-refractivity contribution is -0.171. The van der Waals surface area contributed by atoms with Crippen LogP contribution >= 0.6 is 11.6 Å². The number of esters is 1. The number of ether oxygens (including phenoxy) is 1. The van der Waals surface area contributed by atoms with E-state index in [2.05, 4.69) is 5.32 Å². The van der Waals surface area contributed by atoms with Gasteiger partial charge in [0.05, 0.1) is 5.41 Å². The van der Waals surface area contributed by atoms with Gasteiger partial charge < -0.3 is 10.1 Å². The van der Waals surface area contributed by atoms with Gasteiger partial charge in [-0.25, -0.2) is 4.39 Å². The molecule has 4 aliphatic carbocycles. The van der Waals surface area contributed by atoms with Crippen LogP contribution in [-0.2, 0) is 14.3 Å². The molecule has 134 valence electrons. The van der Waals surface area contributed by atoms with E-state index < -0.39 is 17.1 Å². The van der Waals surface area contributed by atoms with Gasteiger partial charge in [-0.05, 0) is 68.6 Å². The molecule has 4 saturated carbocycles. The highest BCUT2D eigenvalue weighted by atomic mass is 35.5. The first-order valence-corrected chi connectivity index (χ1v) is 9.15. The van der Waals surface area contributed by atoms with Gasteiger partial charge in [0.1, 0.15) is 5.82 Å². The number of hydrogen-bond donors (Lipinski definition) is 1. The van der Waals surface area contributed by atoms with Crippen molar-refractivity contribution in [1.82, 2.24) is 0 Å². The predicted octanol–water partition coefficient (Wildman–Crippen LogP) is 3.89. The molecule has 2 unspecified atom stereocenters. The van der Waals surface area contributed by atoms with Gasteiger partial charge in [0, 0.05) is 10.6 Å². The minimum atomic E-state index is -0.523. The van der Waals surface area contributed by atoms with Crippen LogP contribution in [0.1, 0.15) is 38.5 Å². The molecule has 0 heterocycles. The van der Waals surface area contributed by atoms with Crippen molar-refractivity contribution in [3.8, 4) is 0 Å². The van der Waals surface area contributed by atoms with Crippen molar-refractivity contribution >= 4 is 29.2 Å². The second-order valence-corrected chi connectivity index (χ2v) is 8.83. The van der Waals surface area contributed by atoms with Gasteiger partial charge in [0.25, 0.3) is 5.91 Å². The summed E-state index contributed by atoms with van der Waals surface area (Å²) in [6.45, 7) is -0.359. The van der Waals surface area contributed by atoms with E-state index in [9.17, 15) is 14.0 Å². The summed E-state index contributed by atoms with van der Waals surface area (Å²) in [7, 11) is 0. The maximum atomic E-state index is 13.1. The van der Waals surface area contributed by atoms with Crippen molar-refractivity contribution in [1.29, 1.82) is 0 Å². The summed E-state index contributed by atoms with van der Waals surface area (Å²) in [6, 6.07) is 5.60. The normalized spacial score (nSPS) is 35.4. The molecule has 6 heteroatoms. The molecule has 0 radical (unpaired) electrons. The minimum absolute atomic E-state index is 0.271. The van der Waals surface area contributed by atoms with Crippen LogP contribution in [0.15, 0.2) is 24.3 Å². The van der Waals surface area contributed by atoms with Gasteiger partial charge in [-0.1, -0.05) is 6.07 Å². The van der Waals surface area contributed by atoms with Crippen LogP contribution in [-0.4, -0.2) is 23.4 Å². The lowest BCUT2D eigenvalue weighted by Crippen LogP contribution is -2.56. The van der Waals surface area contributed by atoms with Crippen molar-refractivity contribution in [2.75, 3.05) is 11.9 Å². The third-order valence-electron chi connectivity index (χ3n) is 5.87. The average molecular weight is 366 g/mol. The van der Waals surface area contributed by atoms with Crippen molar-refractivity contribution in [2.24, 2.45) is 17.3 Å². The fourth-order valence-electron chi connectivity index (χ4n) is 5.44. The molecule has 4 fully saturated rings. The summed E-state index contributed by atoms with van der Waals surface area (Å²) >= 11 is 6.73. The van der Waals surface area contributed by atoms with E-state index in [1.54, 1.807) is 6.07 Å². The molecule has 25 heavy (non-hydrogen) atoms. The summed E-state index contributed by atoms with van der Waals surface area (Å²) in [5.74, 6) is -0.221. The average Bonchev–Trinajstić information content (AvgIpc) is 2.50. The van der Waals surface area contributed by atoms with Crippen LogP contribution in [0.5, 0.6) is 0 Å². The van der Waals surface area contributed by atoms with Crippen LogP contribution in [0.3, 0.4) is 0 Å². The van der Waals surface area contributed by atoms with Crippen LogP contribution < -0.4 is 5.32 Å². The number of hydrogen-bond acceptors (Lipinski definition) is 3. The topological polar surface area (TPSA) is 55.4 Å². The van der Waals surface area contributed by atoms with Gasteiger partial charge in [0.15, 0.2) is 6.61 Å². The predicted molar refractivity (Wildman–Crippen MR) is 91.7 cm³/mol. The van der Waals surface area contributed by atoms with Gasteiger partial charge in [0.2, 0.25) is 0 Å². The van der Waals surface area contributed by atoms with Crippen molar-refractivity contribution < 1.29 is 18.7 Å². The van der Waals surface area contributed by atoms with Gasteiger partial charge in [-0.3, -0.25) is 9.59 Å². The zero-order chi connectivity index (χ0) is 17.7. The molecule has 0 aliphatic heterocycles. The van der Waals surface area contributed by atoms with Crippen LogP contribution in [0.4, 0.5) is 10.1 Å². The van der Waals surface area contributed by atoms with E-state index >= 15 is 0 Å². The fraction of sp³-hybridized carbons (Fsp3) is 0.579. The van der Waals surface area contributed by atoms with Crippen molar-refractivity contribution in [3.05, 3.63) is 30.1 Å². The molecule has 4 atom stereocenters. The van der Waals surface area contributed by atoms with E-state index in [4.69, 9.17) is 16.3 Å². The van der Waals surface area contributed by atoms with Gasteiger partial charge in [-0.15, -0.1) is 11.6 Å². The number of amides is 1. The molecular weight excluding hydrogens is 345 g/mol. The Morgan fingerprint density at radius 3 is 2.60 bits per heavy atom. The number of rotatable bonds is 4. The zero-order valence-electron chi connectivity index (χ0n) is 13.9. The number of nitrogens with one attached hydrogen (secondary N) is 1. The second-order valence-electron chi connectivity index (χ2n) is 8.03. The lowest BCUT2D eigenvalue weighted by atomic mass is 9.49. The fourth-order valence-corrected chi connectivity index (χ4v) is 6.13. The lowest BCUT2D eigenvalue weighted by Gasteiger charge is -2.58. The van der Waals surface area contributed by atoms with Crippen LogP contribution in [0.2, 0.25) is 0 Å². The van der Waals surface area contributed by atoms with E-state index in [1.807, 2.05) is 0 Å². The standard InChI is InChI=1S/C19H21ClFNO3/c20-19-8-12-4-13(9-19)7-18(6-12,11-19)17(24)25-10-16(23)22-15-3-1-2-14(21)5-15/h1-3,5,12-13H,4,6-11H2,(H,22,23)/t12-,13+,18?,19?. The Hall–Kier alpha value is -1.62. The summed E-state index contributed by atoms with van der Waals surface area (Å²) in [6.07, 6.45) is 5.42. The number of benzene rings is 1. The summed E-state index contributed by atoms with van der Waals surface area (Å²) < 4.78 is 18.5. The Balaban J connectivity index is 1.37. The van der Waals surface area contributed by atoms with Crippen molar-refractivity contribution in [2.45, 2.75) is 43.4 Å². The molecule has 5 rings (SSSR count). The van der Waals surface area contributed by atoms with Crippen LogP contribution in [0, 0.1) is 23.1 Å². The Morgan fingerprint density at radius 1 is 1.24 bits per heavy atom. The first-order chi connectivity index (χ1) is 11.9. The van der Waals surface area contributed by atoms with Gasteiger partial charge in [-0.2, -0.15) is 0 Å². The van der Waals surface area contributed by atoms with E-state index in [-0.39, 0.29) is 17.5 Å². The van der Waals surface area contributed by atoms with E-state index in [0.717, 1.165) is 32.1 Å². The molecule has 0 aromatic heterocycles. The van der Waals surface area contributed by atoms with Crippen LogP contribution in [0.25, 0.3) is 0 Å². The molecule has 0 spiro atoms. The van der Waals surface area contributed by atoms with E-state index in [0.29, 0.717) is 23.9 Å². The number of carbonyl (C=O) groups is 2. The summed E-state index contributed by atoms with van der Waals surface area (Å²) in [4.78, 5) is 24.4. The number of anilines is 1. The molecule has 0 saturated heterocycles. The maximum absolute atomic E-state index is 13.1. The summed E-state index contributed by atoms with van der Waals surface area (Å²) in [5.41, 5.74) is -0.180.